The first-order valence-electron chi connectivity index (χ1n) is 26.2. The van der Waals surface area contributed by atoms with Gasteiger partial charge in [0, 0.05) is 7.11 Å². The van der Waals surface area contributed by atoms with E-state index in [0.717, 1.165) is 49.5 Å². The lowest BCUT2D eigenvalue weighted by molar-refractivity contribution is -0.193. The minimum atomic E-state index is -0.925. The number of aliphatic hydroxyl groups is 1. The van der Waals surface area contributed by atoms with Crippen LogP contribution in [0.5, 0.6) is 11.5 Å². The number of benzene rings is 3. The Morgan fingerprint density at radius 2 is 0.897 bits per heavy atom. The maximum absolute atomic E-state index is 13.2. The molecule has 0 saturated carbocycles. The summed E-state index contributed by atoms with van der Waals surface area (Å²) in [4.78, 5) is 95.4. The largest absolute Gasteiger partial charge is 0.506 e. The van der Waals surface area contributed by atoms with Crippen molar-refractivity contribution >= 4 is 53.4 Å². The number of carbonyl (C=O) groups excluding carboxylic acids is 9. The summed E-state index contributed by atoms with van der Waals surface area (Å²) in [6, 6.07) is 16.5. The molecule has 3 aromatic carbocycles. The van der Waals surface area contributed by atoms with Gasteiger partial charge in [-0.15, -0.1) is 0 Å². The number of hydrogen-bond acceptors (Lipinski definition) is 14. The number of aliphatic hydroxyl groups excluding tert-OH is 1. The van der Waals surface area contributed by atoms with Crippen LogP contribution in [0.25, 0.3) is 0 Å². The molecule has 78 heavy (non-hydrogen) atoms. The highest BCUT2D eigenvalue weighted by Gasteiger charge is 2.30. The summed E-state index contributed by atoms with van der Waals surface area (Å²) < 4.78 is 5.18. The molecular formula is C59H92N6O13. The van der Waals surface area contributed by atoms with E-state index >= 15 is 0 Å². The van der Waals surface area contributed by atoms with Gasteiger partial charge in [0.05, 0.1) is 17.4 Å². The number of phenolic OH excluding ortho intramolecular Hbond substituents is 2. The molecule has 8 atom stereocenters. The first kappa shape index (κ1) is 73.2. The standard InChI is InChI=1S/C32H47N3O5.C24H41N3O3.2CO2.CH4O/c1-20(2)28(35-29(37)23(5)33-31(39)40-19-24-12-10-9-11-13-24)30(38)34-26-18-25(14-15-27(26)36)17-21(3)16-22(4)32(6,7)8;1-14(2)21(27-22(29)17(5)25)23(30)26-19-13-18(9-10-20(19)28)12-15(3)11-16(4)24(6,7)8;2*2-1-3;1-2/h9-15,18,20-23,28,36H,16-17,19H2,1-8H3,(H,33,39)(H,34,38)(H,35,37);9-10,13-17,21,28H,11-12,25H2,1-8H3,(H,26,30)(H,27,29);;;2H,1H3/t21-,22?,23?,28?;15-,16?,17?,21?;;;/m11.../s1. The quantitative estimate of drug-likeness (QED) is 0.0452. The van der Waals surface area contributed by atoms with E-state index in [1.54, 1.807) is 25.1 Å². The average molecular weight is 1090 g/mol. The molecule has 0 saturated heterocycles. The van der Waals surface area contributed by atoms with Crippen LogP contribution in [0.1, 0.15) is 140 Å². The van der Waals surface area contributed by atoms with Crippen molar-refractivity contribution in [3.05, 3.63) is 83.4 Å². The number of amides is 5. The first-order valence-corrected chi connectivity index (χ1v) is 26.2. The fourth-order valence-electron chi connectivity index (χ4n) is 7.57. The van der Waals surface area contributed by atoms with E-state index in [1.165, 1.54) is 6.92 Å². The minimum Gasteiger partial charge on any atom is -0.506 e. The molecule has 0 aromatic heterocycles. The zero-order valence-corrected chi connectivity index (χ0v) is 49.2. The van der Waals surface area contributed by atoms with Crippen molar-refractivity contribution < 1.29 is 63.2 Å². The molecule has 3 aromatic rings. The van der Waals surface area contributed by atoms with Crippen molar-refractivity contribution in [1.82, 2.24) is 16.0 Å². The van der Waals surface area contributed by atoms with Gasteiger partial charge in [0.1, 0.15) is 36.2 Å². The highest BCUT2D eigenvalue weighted by atomic mass is 16.5. The second-order valence-corrected chi connectivity index (χ2v) is 22.6. The Morgan fingerprint density at radius 1 is 0.538 bits per heavy atom. The van der Waals surface area contributed by atoms with Crippen LogP contribution >= 0.6 is 0 Å². The molecule has 5 amide bonds. The summed E-state index contributed by atoms with van der Waals surface area (Å²) in [6.45, 7) is 33.0. The van der Waals surface area contributed by atoms with E-state index in [4.69, 9.17) is 34.8 Å². The van der Waals surface area contributed by atoms with E-state index < -0.39 is 42.1 Å². The number of nitrogens with one attached hydrogen (secondary N) is 5. The molecule has 0 aliphatic carbocycles. The van der Waals surface area contributed by atoms with Crippen LogP contribution in [-0.4, -0.2) is 88.6 Å². The van der Waals surface area contributed by atoms with Crippen molar-refractivity contribution in [2.75, 3.05) is 17.7 Å². The van der Waals surface area contributed by atoms with Gasteiger partial charge in [-0.1, -0.05) is 139 Å². The van der Waals surface area contributed by atoms with Crippen LogP contribution in [0, 0.1) is 46.3 Å². The molecule has 10 N–H and O–H groups in total. The first-order chi connectivity index (χ1) is 36.2. The number of carbonyl (C=O) groups is 5. The maximum atomic E-state index is 13.2. The Morgan fingerprint density at radius 3 is 1.23 bits per heavy atom. The number of alkyl carbamates (subject to hydrolysis) is 1. The van der Waals surface area contributed by atoms with Gasteiger partial charge in [-0.25, -0.2) is 4.79 Å². The second kappa shape index (κ2) is 37.0. The van der Waals surface area contributed by atoms with Gasteiger partial charge in [0.25, 0.3) is 0 Å². The molecule has 6 unspecified atom stereocenters. The molecule has 0 spiro atoms. The summed E-state index contributed by atoms with van der Waals surface area (Å²) in [5.41, 5.74) is 9.65. The summed E-state index contributed by atoms with van der Waals surface area (Å²) in [5.74, 6) is -0.108. The lowest BCUT2D eigenvalue weighted by Gasteiger charge is -2.29. The van der Waals surface area contributed by atoms with E-state index in [0.29, 0.717) is 35.0 Å². The zero-order chi connectivity index (χ0) is 60.7. The Kier molecular flexibility index (Phi) is 34.7. The van der Waals surface area contributed by atoms with Gasteiger partial charge in [0.2, 0.25) is 23.6 Å². The third kappa shape index (κ3) is 29.6. The van der Waals surface area contributed by atoms with Gasteiger partial charge < -0.3 is 52.4 Å². The molecular weight excluding hydrogens is 1000 g/mol. The molecule has 0 radical (unpaired) electrons. The molecule has 0 fully saturated rings. The Balaban J connectivity index is 0. The maximum Gasteiger partial charge on any atom is 0.408 e. The number of phenols is 2. The van der Waals surface area contributed by atoms with E-state index in [-0.39, 0.29) is 64.9 Å². The van der Waals surface area contributed by atoms with Crippen LogP contribution in [0.15, 0.2) is 66.7 Å². The van der Waals surface area contributed by atoms with Crippen LogP contribution < -0.4 is 32.3 Å². The second-order valence-electron chi connectivity index (χ2n) is 22.6. The molecule has 0 aliphatic rings. The minimum absolute atomic E-state index is 0.00355. The number of hydrogen-bond donors (Lipinski definition) is 9. The number of anilines is 2. The Labute approximate surface area is 463 Å². The number of nitrogens with two attached hydrogens (primary N) is 1. The van der Waals surface area contributed by atoms with Gasteiger partial charge in [0.15, 0.2) is 0 Å². The highest BCUT2D eigenvalue weighted by Crippen LogP contribution is 2.34. The number of rotatable bonds is 21. The predicted molar refractivity (Wildman–Crippen MR) is 300 cm³/mol. The molecule has 0 heterocycles. The third-order valence-electron chi connectivity index (χ3n) is 13.1. The van der Waals surface area contributed by atoms with Crippen molar-refractivity contribution in [1.29, 1.82) is 0 Å². The van der Waals surface area contributed by atoms with Crippen molar-refractivity contribution in [2.45, 2.75) is 167 Å². The fraction of sp³-hybridized carbons (Fsp3) is 0.576. The van der Waals surface area contributed by atoms with Gasteiger partial charge in [-0.2, -0.15) is 19.2 Å². The molecule has 0 aliphatic heterocycles. The third-order valence-corrected chi connectivity index (χ3v) is 13.1. The lowest BCUT2D eigenvalue weighted by atomic mass is 9.76. The van der Waals surface area contributed by atoms with E-state index in [2.05, 4.69) is 95.8 Å². The van der Waals surface area contributed by atoms with E-state index in [9.17, 15) is 34.2 Å². The summed E-state index contributed by atoms with van der Waals surface area (Å²) in [5, 5.41) is 41.1. The topological polar surface area (TPSA) is 310 Å². The molecule has 3 rings (SSSR count). The fourth-order valence-corrected chi connectivity index (χ4v) is 7.57. The van der Waals surface area contributed by atoms with Crippen LogP contribution in [0.4, 0.5) is 16.2 Å². The normalized spacial score (nSPS) is 13.9. The van der Waals surface area contributed by atoms with Crippen LogP contribution in [0.2, 0.25) is 0 Å². The summed E-state index contributed by atoms with van der Waals surface area (Å²) in [6.07, 6.45) is 3.62. The molecule has 19 nitrogen and oxygen atoms in total. The number of aromatic hydroxyl groups is 2. The lowest BCUT2D eigenvalue weighted by Crippen LogP contribution is -2.53. The van der Waals surface area contributed by atoms with Gasteiger partial charge in [-0.05, 0) is 127 Å². The number of ether oxygens (including phenoxy) is 1. The zero-order valence-electron chi connectivity index (χ0n) is 49.2. The SMILES string of the molecule is CC(N)C(=O)NC(C(=O)Nc1cc(C[C@H](C)CC(C)C(C)(C)C)ccc1O)C(C)C.CC(NC(=O)OCc1ccccc1)C(=O)NC(C(=O)Nc1cc(C[C@H](C)CC(C)C(C)(C)C)ccc1O)C(C)C.CO.O=C=O.O=C=O. The molecule has 436 valence electrons. The molecule has 0 bridgehead atoms. The van der Waals surface area contributed by atoms with Gasteiger partial charge in [-0.3, -0.25) is 19.2 Å². The van der Waals surface area contributed by atoms with Crippen LogP contribution in [0.3, 0.4) is 0 Å². The van der Waals surface area contributed by atoms with Gasteiger partial charge >= 0.3 is 18.4 Å². The highest BCUT2D eigenvalue weighted by molar-refractivity contribution is 6.00. The van der Waals surface area contributed by atoms with E-state index in [1.807, 2.05) is 76.2 Å². The monoisotopic (exact) mass is 1090 g/mol. The Hall–Kier alpha value is -6.91. The van der Waals surface area contributed by atoms with Crippen molar-refractivity contribution in [2.24, 2.45) is 52.1 Å². The molecule has 19 heteroatoms. The Bertz CT molecular complexity index is 2340. The van der Waals surface area contributed by atoms with Crippen molar-refractivity contribution in [3.63, 3.8) is 0 Å². The summed E-state index contributed by atoms with van der Waals surface area (Å²) in [7, 11) is 1.00. The average Bonchev–Trinajstić information content (AvgIpc) is 3.34. The smallest absolute Gasteiger partial charge is 0.408 e. The van der Waals surface area contributed by atoms with Crippen LogP contribution in [-0.2, 0) is 62.5 Å². The predicted octanol–water partition coefficient (Wildman–Crippen LogP) is 8.55. The summed E-state index contributed by atoms with van der Waals surface area (Å²) >= 11 is 0. The van der Waals surface area contributed by atoms with Crippen molar-refractivity contribution in [3.8, 4) is 11.5 Å².